The largest absolute Gasteiger partial charge is 0.481 e. The molecule has 0 saturated carbocycles. The molecule has 7 rings (SSSR count). The van der Waals surface area contributed by atoms with Crippen LogP contribution in [0.25, 0.3) is 0 Å². The molecule has 400 valence electrons. The SMILES string of the molecule is C#CCN1C(=O)COc2cc(F)c(N=c3snc4n3CC(C)(C)C4)cc21.CC1(C)OC(c2ccco2)CN1C(=O)C(Cl)Cl.CCc1cccc(C)c1N(C(=O)CCl)C(C)COC.CP(=O)(O)CCC(N)C(=O)O. The van der Waals surface area contributed by atoms with Gasteiger partial charge in [0.2, 0.25) is 10.7 Å². The van der Waals surface area contributed by atoms with E-state index in [0.717, 1.165) is 42.0 Å². The van der Waals surface area contributed by atoms with E-state index < -0.39 is 35.8 Å². The van der Waals surface area contributed by atoms with E-state index in [1.165, 1.54) is 40.1 Å². The first kappa shape index (κ1) is 60.7. The highest BCUT2D eigenvalue weighted by Gasteiger charge is 2.45. The number of carbonyl (C=O) groups is 4. The van der Waals surface area contributed by atoms with Gasteiger partial charge in [-0.15, -0.1) is 18.0 Å². The van der Waals surface area contributed by atoms with Gasteiger partial charge in [0, 0.05) is 50.5 Å². The summed E-state index contributed by atoms with van der Waals surface area (Å²) in [5.41, 5.74) is 8.24. The number of aliphatic carboxylic acids is 1. The second-order valence-corrected chi connectivity index (χ2v) is 23.3. The number of amides is 3. The Kier molecular flexibility index (Phi) is 22.1. The standard InChI is InChI=1S/C18H17FN4O2S.C15H22ClNO2.C11H13Cl2NO3.C5H12NO4P/c1-4-5-22-13-7-12(11(19)6-14(13)25-9-16(22)24)20-17-23-10-18(2,3)8-15(23)21-26-17;1-5-13-8-6-7-11(2)15(13)17(14(18)9-16)12(3)10-19-4;1-11(2)14(10(15)9(12)13)6-8(17-11)7-4-3-5-16-7;1-11(9,10)3-2-4(6)5(7)8/h1,6-7H,5,8-10H2,2-3H3;6-8,12H,5,9-10H2,1-4H3;3-5,8-9H,6H2,1-2H3;4H,2-3,6H2,1H3,(H,7,8)(H,9,10). The number of nitrogens with two attached hydrogens (primary N) is 1. The summed E-state index contributed by atoms with van der Waals surface area (Å²) >= 11 is 18.2. The van der Waals surface area contributed by atoms with Crippen molar-refractivity contribution in [3.63, 3.8) is 0 Å². The van der Waals surface area contributed by atoms with Crippen LogP contribution in [0.3, 0.4) is 0 Å². The number of carboxylic acid groups (broad SMARTS) is 1. The molecule has 4 atom stereocenters. The second kappa shape index (κ2) is 26.6. The van der Waals surface area contributed by atoms with Crippen LogP contribution in [0.15, 0.2) is 58.1 Å². The molecule has 0 spiro atoms. The van der Waals surface area contributed by atoms with Crippen molar-refractivity contribution in [1.29, 1.82) is 0 Å². The number of carboxylic acids is 1. The molecule has 2 aromatic heterocycles. The van der Waals surface area contributed by atoms with Crippen LogP contribution in [-0.4, -0.2) is 122 Å². The molecule has 3 aliphatic heterocycles. The molecular formula is C49H64Cl3FN7O11PS. The van der Waals surface area contributed by atoms with Gasteiger partial charge in [-0.1, -0.05) is 68.1 Å². The molecule has 73 heavy (non-hydrogen) atoms. The van der Waals surface area contributed by atoms with E-state index in [9.17, 15) is 28.1 Å². The summed E-state index contributed by atoms with van der Waals surface area (Å²) in [7, 11) is -1.47. The van der Waals surface area contributed by atoms with Crippen molar-refractivity contribution in [3.8, 4) is 18.1 Å². The zero-order valence-corrected chi connectivity index (χ0v) is 46.3. The van der Waals surface area contributed by atoms with Gasteiger partial charge in [0.1, 0.15) is 46.8 Å². The lowest BCUT2D eigenvalue weighted by atomic mass is 9.92. The number of nitrogens with zero attached hydrogens (tertiary/aromatic N) is 6. The maximum absolute atomic E-state index is 14.5. The Labute approximate surface area is 444 Å². The molecule has 2 aromatic carbocycles. The number of aromatic nitrogens is 2. The third-order valence-corrected chi connectivity index (χ3v) is 14.0. The fourth-order valence-electron chi connectivity index (χ4n) is 8.00. The van der Waals surface area contributed by atoms with Gasteiger partial charge < -0.3 is 48.7 Å². The smallest absolute Gasteiger partial charge is 0.320 e. The molecule has 3 aliphatic rings. The number of alkyl halides is 3. The molecule has 18 nitrogen and oxygen atoms in total. The van der Waals surface area contributed by atoms with Crippen LogP contribution < -0.4 is 25.1 Å². The van der Waals surface area contributed by atoms with Crippen LogP contribution in [0, 0.1) is 30.5 Å². The number of methoxy groups -OCH3 is 1. The third-order valence-electron chi connectivity index (χ3n) is 11.5. The van der Waals surface area contributed by atoms with E-state index in [1.807, 2.05) is 36.6 Å². The Morgan fingerprint density at radius 2 is 1.89 bits per heavy atom. The first-order valence-corrected chi connectivity index (χ1v) is 27.5. The number of hydrogen-bond donors (Lipinski definition) is 3. The zero-order valence-electron chi connectivity index (χ0n) is 42.3. The monoisotopic (exact) mass is 1110 g/mol. The maximum atomic E-state index is 14.5. The number of furan rings is 1. The van der Waals surface area contributed by atoms with Gasteiger partial charge in [-0.25, -0.2) is 9.38 Å². The number of aryl methyl sites for hydroxylation is 2. The minimum Gasteiger partial charge on any atom is -0.481 e. The van der Waals surface area contributed by atoms with Gasteiger partial charge in [0.05, 0.1) is 43.4 Å². The Morgan fingerprint density at radius 3 is 2.47 bits per heavy atom. The highest BCUT2D eigenvalue weighted by atomic mass is 35.5. The number of hydrogen-bond acceptors (Lipinski definition) is 13. The van der Waals surface area contributed by atoms with Gasteiger partial charge in [-0.3, -0.25) is 28.6 Å². The molecular weight excluding hydrogens is 1050 g/mol. The predicted molar refractivity (Wildman–Crippen MR) is 281 cm³/mol. The molecule has 0 aliphatic carbocycles. The van der Waals surface area contributed by atoms with Gasteiger partial charge in [-0.05, 0) is 75.3 Å². The normalized spacial score (nSPS) is 18.0. The fourth-order valence-corrected chi connectivity index (χ4v) is 9.88. The van der Waals surface area contributed by atoms with Crippen LogP contribution in [0.2, 0.25) is 0 Å². The lowest BCUT2D eigenvalue weighted by molar-refractivity contribution is -0.144. The van der Waals surface area contributed by atoms with Gasteiger partial charge in [0.15, 0.2) is 24.6 Å². The summed E-state index contributed by atoms with van der Waals surface area (Å²) in [5.74, 6) is 2.01. The molecule has 4 N–H and O–H groups in total. The van der Waals surface area contributed by atoms with Crippen LogP contribution in [-0.2, 0) is 52.6 Å². The van der Waals surface area contributed by atoms with Gasteiger partial charge in [-0.2, -0.15) is 4.37 Å². The van der Waals surface area contributed by atoms with Crippen LogP contribution >= 0.6 is 53.7 Å². The second-order valence-electron chi connectivity index (χ2n) is 18.6. The van der Waals surface area contributed by atoms with Gasteiger partial charge >= 0.3 is 5.97 Å². The number of para-hydroxylation sites is 1. The number of terminal acetylenes is 1. The van der Waals surface area contributed by atoms with Crippen LogP contribution in [0.5, 0.6) is 5.75 Å². The highest BCUT2D eigenvalue weighted by Crippen LogP contribution is 2.39. The van der Waals surface area contributed by atoms with E-state index in [4.69, 9.17) is 75.6 Å². The molecule has 4 unspecified atom stereocenters. The Bertz CT molecular complexity index is 2720. The number of benzene rings is 2. The zero-order chi connectivity index (χ0) is 54.6. The summed E-state index contributed by atoms with van der Waals surface area (Å²) < 4.78 is 53.2. The molecule has 4 aromatic rings. The maximum Gasteiger partial charge on any atom is 0.320 e. The van der Waals surface area contributed by atoms with Gasteiger partial charge in [0.25, 0.3) is 11.8 Å². The molecule has 0 bridgehead atoms. The number of halogens is 4. The van der Waals surface area contributed by atoms with E-state index in [0.29, 0.717) is 35.2 Å². The van der Waals surface area contributed by atoms with Crippen molar-refractivity contribution in [1.82, 2.24) is 13.8 Å². The van der Waals surface area contributed by atoms with Crippen molar-refractivity contribution in [2.45, 2.75) is 103 Å². The summed E-state index contributed by atoms with van der Waals surface area (Å²) in [6.07, 6.45) is 8.38. The van der Waals surface area contributed by atoms with Crippen molar-refractivity contribution in [2.24, 2.45) is 16.1 Å². The molecule has 0 radical (unpaired) electrons. The topological polar surface area (TPSA) is 233 Å². The van der Waals surface area contributed by atoms with Crippen molar-refractivity contribution >= 4 is 94.5 Å². The average molecular weight is 1120 g/mol. The minimum atomic E-state index is -3.10. The molecule has 24 heteroatoms. The molecule has 1 fully saturated rings. The highest BCUT2D eigenvalue weighted by molar-refractivity contribution is 7.57. The number of ether oxygens (including phenoxy) is 3. The first-order chi connectivity index (χ1) is 34.2. The van der Waals surface area contributed by atoms with Crippen LogP contribution in [0.1, 0.15) is 76.8 Å². The summed E-state index contributed by atoms with van der Waals surface area (Å²) in [6, 6.07) is 11.4. The lowest BCUT2D eigenvalue weighted by Gasteiger charge is -2.31. The van der Waals surface area contributed by atoms with E-state index in [2.05, 4.69) is 42.1 Å². The van der Waals surface area contributed by atoms with Crippen molar-refractivity contribution in [2.75, 3.05) is 61.9 Å². The predicted octanol–water partition coefficient (Wildman–Crippen LogP) is 7.83. The molecule has 3 amide bonds. The third kappa shape index (κ3) is 16.6. The van der Waals surface area contributed by atoms with E-state index in [-0.39, 0.29) is 72.6 Å². The summed E-state index contributed by atoms with van der Waals surface area (Å²) in [5, 5.41) is 8.28. The molecule has 5 heterocycles. The Balaban J connectivity index is 0.000000221. The number of carbonyl (C=O) groups excluding carboxylic acids is 3. The van der Waals surface area contributed by atoms with E-state index >= 15 is 0 Å². The summed E-state index contributed by atoms with van der Waals surface area (Å²) in [6.45, 7) is 16.8. The van der Waals surface area contributed by atoms with E-state index in [1.54, 1.807) is 38.2 Å². The fraction of sp³-hybridized carbons (Fsp3) is 0.510. The minimum absolute atomic E-state index is 0.0223. The first-order valence-electron chi connectivity index (χ1n) is 23.0. The van der Waals surface area contributed by atoms with Crippen molar-refractivity contribution in [3.05, 3.63) is 82.1 Å². The number of anilines is 2. The van der Waals surface area contributed by atoms with Crippen molar-refractivity contribution < 1.29 is 56.8 Å². The Hall–Kier alpha value is -4.81. The quantitative estimate of drug-likeness (QED) is 0.0622. The molecule has 1 saturated heterocycles. The average Bonchev–Trinajstić information content (AvgIpc) is 4.12. The Morgan fingerprint density at radius 1 is 1.19 bits per heavy atom. The number of rotatable bonds is 14. The van der Waals surface area contributed by atoms with Crippen LogP contribution in [0.4, 0.5) is 21.5 Å². The summed E-state index contributed by atoms with van der Waals surface area (Å²) in [4.78, 5) is 63.7. The lowest BCUT2D eigenvalue weighted by Crippen LogP contribution is -2.45. The number of fused-ring (bicyclic) bond motifs is 2.